The van der Waals surface area contributed by atoms with E-state index in [9.17, 15) is 4.79 Å². The highest BCUT2D eigenvalue weighted by atomic mass is 32.1. The lowest BCUT2D eigenvalue weighted by Crippen LogP contribution is -2.45. The number of nitrogens with one attached hydrogen (secondary N) is 2. The first-order valence-corrected chi connectivity index (χ1v) is 8.01. The quantitative estimate of drug-likeness (QED) is 0.914. The van der Waals surface area contributed by atoms with Crippen molar-refractivity contribution in [1.29, 1.82) is 0 Å². The SMILES string of the molecule is Cc1ccc(-c2nc(C)c(C(=O)NC3CCCNC3)s2)o1. The van der Waals surface area contributed by atoms with Crippen LogP contribution in [-0.4, -0.2) is 30.0 Å². The molecule has 2 aromatic rings. The summed E-state index contributed by atoms with van der Waals surface area (Å²) in [6.07, 6.45) is 2.13. The molecule has 0 aliphatic carbocycles. The normalized spacial score (nSPS) is 18.7. The molecule has 0 aromatic carbocycles. The van der Waals surface area contributed by atoms with Crippen molar-refractivity contribution in [2.45, 2.75) is 32.7 Å². The predicted molar refractivity (Wildman–Crippen MR) is 82.6 cm³/mol. The van der Waals surface area contributed by atoms with Crippen molar-refractivity contribution in [1.82, 2.24) is 15.6 Å². The summed E-state index contributed by atoms with van der Waals surface area (Å²) < 4.78 is 5.57. The highest BCUT2D eigenvalue weighted by molar-refractivity contribution is 7.17. The second-order valence-electron chi connectivity index (χ2n) is 5.36. The van der Waals surface area contributed by atoms with E-state index in [-0.39, 0.29) is 11.9 Å². The number of amides is 1. The third-order valence-corrected chi connectivity index (χ3v) is 4.76. The van der Waals surface area contributed by atoms with Crippen molar-refractivity contribution < 1.29 is 9.21 Å². The van der Waals surface area contributed by atoms with Crippen molar-refractivity contribution in [2.24, 2.45) is 0 Å². The van der Waals surface area contributed by atoms with Gasteiger partial charge in [-0.05, 0) is 45.4 Å². The third kappa shape index (κ3) is 3.16. The number of thiazole rings is 1. The summed E-state index contributed by atoms with van der Waals surface area (Å²) in [4.78, 5) is 17.5. The fourth-order valence-electron chi connectivity index (χ4n) is 2.49. The van der Waals surface area contributed by atoms with Gasteiger partial charge in [0, 0.05) is 12.6 Å². The van der Waals surface area contributed by atoms with Crippen LogP contribution in [0, 0.1) is 13.8 Å². The summed E-state index contributed by atoms with van der Waals surface area (Å²) in [7, 11) is 0. The van der Waals surface area contributed by atoms with Crippen LogP contribution in [0.5, 0.6) is 0 Å². The van der Waals surface area contributed by atoms with Gasteiger partial charge >= 0.3 is 0 Å². The van der Waals surface area contributed by atoms with E-state index in [0.717, 1.165) is 48.2 Å². The Morgan fingerprint density at radius 3 is 3.00 bits per heavy atom. The average molecular weight is 305 g/mol. The molecule has 1 aliphatic heterocycles. The van der Waals surface area contributed by atoms with E-state index in [2.05, 4.69) is 15.6 Å². The van der Waals surface area contributed by atoms with Crippen molar-refractivity contribution in [3.63, 3.8) is 0 Å². The van der Waals surface area contributed by atoms with Crippen LogP contribution in [0.25, 0.3) is 10.8 Å². The molecule has 112 valence electrons. The van der Waals surface area contributed by atoms with Crippen molar-refractivity contribution >= 4 is 17.2 Å². The van der Waals surface area contributed by atoms with Gasteiger partial charge in [-0.3, -0.25) is 4.79 Å². The van der Waals surface area contributed by atoms with Gasteiger partial charge in [-0.2, -0.15) is 0 Å². The van der Waals surface area contributed by atoms with Gasteiger partial charge < -0.3 is 15.1 Å². The Hall–Kier alpha value is -1.66. The van der Waals surface area contributed by atoms with E-state index in [4.69, 9.17) is 4.42 Å². The number of nitrogens with zero attached hydrogens (tertiary/aromatic N) is 1. The van der Waals surface area contributed by atoms with Crippen LogP contribution in [0.1, 0.15) is 34.0 Å². The standard InChI is InChI=1S/C15H19N3O2S/c1-9-5-6-12(20-9)15-17-10(2)13(21-15)14(19)18-11-4-3-7-16-8-11/h5-6,11,16H,3-4,7-8H2,1-2H3,(H,18,19). The molecule has 0 spiro atoms. The molecule has 1 atom stereocenters. The summed E-state index contributed by atoms with van der Waals surface area (Å²) in [6, 6.07) is 4.00. The molecule has 3 heterocycles. The van der Waals surface area contributed by atoms with E-state index < -0.39 is 0 Å². The Kier molecular flexibility index (Phi) is 4.07. The van der Waals surface area contributed by atoms with E-state index in [1.54, 1.807) is 0 Å². The first kappa shape index (κ1) is 14.3. The fourth-order valence-corrected chi connectivity index (χ4v) is 3.42. The van der Waals surface area contributed by atoms with Crippen LogP contribution < -0.4 is 10.6 Å². The van der Waals surface area contributed by atoms with Gasteiger partial charge in [0.25, 0.3) is 5.91 Å². The molecule has 0 bridgehead atoms. The van der Waals surface area contributed by atoms with Crippen molar-refractivity contribution in [2.75, 3.05) is 13.1 Å². The molecule has 1 saturated heterocycles. The molecule has 5 nitrogen and oxygen atoms in total. The summed E-state index contributed by atoms with van der Waals surface area (Å²) >= 11 is 1.39. The second kappa shape index (κ2) is 5.99. The van der Waals surface area contributed by atoms with Gasteiger partial charge in [-0.25, -0.2) is 4.98 Å². The van der Waals surface area contributed by atoms with E-state index in [0.29, 0.717) is 4.88 Å². The molecule has 21 heavy (non-hydrogen) atoms. The third-order valence-electron chi connectivity index (χ3n) is 3.59. The summed E-state index contributed by atoms with van der Waals surface area (Å²) in [5, 5.41) is 7.14. The van der Waals surface area contributed by atoms with Gasteiger partial charge in [-0.1, -0.05) is 0 Å². The number of furan rings is 1. The highest BCUT2D eigenvalue weighted by Gasteiger charge is 2.21. The Balaban J connectivity index is 1.75. The second-order valence-corrected chi connectivity index (χ2v) is 6.36. The lowest BCUT2D eigenvalue weighted by Gasteiger charge is -2.23. The molecule has 6 heteroatoms. The largest absolute Gasteiger partial charge is 0.459 e. The summed E-state index contributed by atoms with van der Waals surface area (Å²) in [6.45, 7) is 5.64. The topological polar surface area (TPSA) is 67.2 Å². The molecular formula is C15H19N3O2S. The zero-order valence-corrected chi connectivity index (χ0v) is 13.0. The first-order valence-electron chi connectivity index (χ1n) is 7.19. The Morgan fingerprint density at radius 2 is 2.33 bits per heavy atom. The van der Waals surface area contributed by atoms with Crippen LogP contribution in [0.15, 0.2) is 16.5 Å². The summed E-state index contributed by atoms with van der Waals surface area (Å²) in [5.41, 5.74) is 0.755. The number of aryl methyl sites for hydroxylation is 2. The van der Waals surface area contributed by atoms with E-state index in [1.165, 1.54) is 11.3 Å². The van der Waals surface area contributed by atoms with Gasteiger partial charge in [0.2, 0.25) is 0 Å². The van der Waals surface area contributed by atoms with Gasteiger partial charge in [0.1, 0.15) is 10.6 Å². The predicted octanol–water partition coefficient (Wildman–Crippen LogP) is 2.50. The fraction of sp³-hybridized carbons (Fsp3) is 0.467. The minimum Gasteiger partial charge on any atom is -0.459 e. The molecular weight excluding hydrogens is 286 g/mol. The molecule has 2 aromatic heterocycles. The Bertz CT molecular complexity index is 641. The number of piperidine rings is 1. The van der Waals surface area contributed by atoms with Gasteiger partial charge in [0.05, 0.1) is 5.69 Å². The minimum atomic E-state index is -0.0340. The zero-order valence-electron chi connectivity index (χ0n) is 12.2. The van der Waals surface area contributed by atoms with Gasteiger partial charge in [0.15, 0.2) is 10.8 Å². The molecule has 1 unspecified atom stereocenters. The molecule has 0 radical (unpaired) electrons. The molecule has 3 rings (SSSR count). The van der Waals surface area contributed by atoms with E-state index in [1.807, 2.05) is 26.0 Å². The van der Waals surface area contributed by atoms with Crippen LogP contribution in [0.4, 0.5) is 0 Å². The number of carbonyl (C=O) groups excluding carboxylic acids is 1. The Labute approximate surface area is 127 Å². The molecule has 1 amide bonds. The lowest BCUT2D eigenvalue weighted by molar-refractivity contribution is 0.0934. The van der Waals surface area contributed by atoms with Crippen LogP contribution >= 0.6 is 11.3 Å². The number of aromatic nitrogens is 1. The Morgan fingerprint density at radius 1 is 1.48 bits per heavy atom. The number of carbonyl (C=O) groups is 1. The van der Waals surface area contributed by atoms with Crippen molar-refractivity contribution in [3.8, 4) is 10.8 Å². The lowest BCUT2D eigenvalue weighted by atomic mass is 10.1. The van der Waals surface area contributed by atoms with Crippen LogP contribution in [-0.2, 0) is 0 Å². The highest BCUT2D eigenvalue weighted by Crippen LogP contribution is 2.29. The van der Waals surface area contributed by atoms with E-state index >= 15 is 0 Å². The van der Waals surface area contributed by atoms with Crippen LogP contribution in [0.2, 0.25) is 0 Å². The monoisotopic (exact) mass is 305 g/mol. The number of rotatable bonds is 3. The molecule has 0 saturated carbocycles. The van der Waals surface area contributed by atoms with Crippen molar-refractivity contribution in [3.05, 3.63) is 28.5 Å². The molecule has 1 fully saturated rings. The maximum absolute atomic E-state index is 12.4. The molecule has 2 N–H and O–H groups in total. The number of hydrogen-bond acceptors (Lipinski definition) is 5. The average Bonchev–Trinajstić information content (AvgIpc) is 3.06. The van der Waals surface area contributed by atoms with Crippen LogP contribution in [0.3, 0.4) is 0 Å². The zero-order chi connectivity index (χ0) is 14.8. The smallest absolute Gasteiger partial charge is 0.263 e. The maximum Gasteiger partial charge on any atom is 0.263 e. The minimum absolute atomic E-state index is 0.0340. The molecule has 1 aliphatic rings. The first-order chi connectivity index (χ1) is 10.1. The summed E-state index contributed by atoms with van der Waals surface area (Å²) in [5.74, 6) is 1.53. The van der Waals surface area contributed by atoms with Gasteiger partial charge in [-0.15, -0.1) is 11.3 Å². The number of hydrogen-bond donors (Lipinski definition) is 2. The maximum atomic E-state index is 12.4.